The van der Waals surface area contributed by atoms with E-state index in [9.17, 15) is 22.4 Å². The van der Waals surface area contributed by atoms with Crippen LogP contribution in [-0.2, 0) is 0 Å². The topological polar surface area (TPSA) is 59.0 Å². The first kappa shape index (κ1) is 21.9. The average molecular weight is 477 g/mol. The molecule has 0 unspecified atom stereocenters. The van der Waals surface area contributed by atoms with Crippen molar-refractivity contribution in [2.75, 3.05) is 11.9 Å². The summed E-state index contributed by atoms with van der Waals surface area (Å²) in [5.74, 6) is 1.45. The maximum Gasteiger partial charge on any atom is 0.410 e. The number of alkyl halides is 3. The van der Waals surface area contributed by atoms with Crippen molar-refractivity contribution in [3.8, 4) is 0 Å². The van der Waals surface area contributed by atoms with Gasteiger partial charge in [-0.05, 0) is 79.4 Å². The molecule has 34 heavy (non-hydrogen) atoms. The van der Waals surface area contributed by atoms with Crippen LogP contribution in [0.1, 0.15) is 73.0 Å². The standard InChI is InChI=1S/C25H28F4N4O/c26-18-3-1-17(2-4-18)20-8-21(25(27,28)29)33-22(32-20)19(12-31-33)23(34)30-13-24-9-14-5-15(10-24)7-16(6-14)11-24/h1-4,12,14-16,20-21,32H,5-11,13H2,(H,30,34)/t14?,15?,16?,20-,21-,24?/m0/s1. The monoisotopic (exact) mass is 476 g/mol. The fourth-order valence-electron chi connectivity index (χ4n) is 7.51. The summed E-state index contributed by atoms with van der Waals surface area (Å²) in [6, 6.07) is 2.81. The summed E-state index contributed by atoms with van der Waals surface area (Å²) < 4.78 is 56.0. The number of carbonyl (C=O) groups is 1. The minimum absolute atomic E-state index is 0.0610. The SMILES string of the molecule is O=C(NCC12CC3CC(CC(C3)C1)C2)c1cnn2c1N[C@H](c1ccc(F)cc1)C[C@H]2C(F)(F)F. The number of anilines is 1. The van der Waals surface area contributed by atoms with Crippen LogP contribution in [0.15, 0.2) is 30.5 Å². The molecule has 1 aliphatic heterocycles. The van der Waals surface area contributed by atoms with Crippen molar-refractivity contribution in [2.45, 2.75) is 63.2 Å². The molecule has 2 heterocycles. The smallest absolute Gasteiger partial charge is 0.363 e. The number of benzene rings is 1. The lowest BCUT2D eigenvalue weighted by atomic mass is 9.49. The molecule has 1 aromatic carbocycles. The summed E-state index contributed by atoms with van der Waals surface area (Å²) in [6.45, 7) is 0.560. The quantitative estimate of drug-likeness (QED) is 0.563. The zero-order valence-corrected chi connectivity index (χ0v) is 18.7. The molecule has 0 saturated heterocycles. The Morgan fingerprint density at radius 1 is 1.06 bits per heavy atom. The number of fused-ring (bicyclic) bond motifs is 1. The van der Waals surface area contributed by atoms with Crippen molar-refractivity contribution in [3.63, 3.8) is 0 Å². The highest BCUT2D eigenvalue weighted by Crippen LogP contribution is 2.59. The van der Waals surface area contributed by atoms with Crippen LogP contribution in [0.5, 0.6) is 0 Å². The lowest BCUT2D eigenvalue weighted by Gasteiger charge is -2.56. The van der Waals surface area contributed by atoms with E-state index in [1.54, 1.807) is 0 Å². The second-order valence-corrected chi connectivity index (χ2v) is 11.0. The van der Waals surface area contributed by atoms with Crippen LogP contribution in [-0.4, -0.2) is 28.4 Å². The highest BCUT2D eigenvalue weighted by Gasteiger charge is 2.51. The third-order valence-electron chi connectivity index (χ3n) is 8.54. The molecule has 4 saturated carbocycles. The van der Waals surface area contributed by atoms with E-state index >= 15 is 0 Å². The Morgan fingerprint density at radius 3 is 2.26 bits per heavy atom. The molecule has 7 rings (SSSR count). The van der Waals surface area contributed by atoms with Gasteiger partial charge in [0.2, 0.25) is 0 Å². The second kappa shape index (κ2) is 7.71. The first-order valence-electron chi connectivity index (χ1n) is 12.1. The van der Waals surface area contributed by atoms with Crippen molar-refractivity contribution < 1.29 is 22.4 Å². The number of aromatic nitrogens is 2. The maximum atomic E-state index is 13.9. The molecule has 4 bridgehead atoms. The average Bonchev–Trinajstić information content (AvgIpc) is 3.20. The van der Waals surface area contributed by atoms with E-state index in [2.05, 4.69) is 15.7 Å². The molecule has 2 aromatic rings. The summed E-state index contributed by atoms with van der Waals surface area (Å²) in [5.41, 5.74) is 0.768. The van der Waals surface area contributed by atoms with E-state index in [0.717, 1.165) is 41.7 Å². The van der Waals surface area contributed by atoms with Gasteiger partial charge in [0.1, 0.15) is 17.2 Å². The van der Waals surface area contributed by atoms with Crippen LogP contribution >= 0.6 is 0 Å². The van der Waals surface area contributed by atoms with Gasteiger partial charge in [-0.15, -0.1) is 0 Å². The third-order valence-corrected chi connectivity index (χ3v) is 8.54. The zero-order chi connectivity index (χ0) is 23.7. The summed E-state index contributed by atoms with van der Waals surface area (Å²) in [6.07, 6.45) is 3.70. The molecular formula is C25H28F4N4O. The molecule has 9 heteroatoms. The molecule has 1 aromatic heterocycles. The third kappa shape index (κ3) is 3.77. The number of hydrogen-bond acceptors (Lipinski definition) is 3. The lowest BCUT2D eigenvalue weighted by molar-refractivity contribution is -0.173. The summed E-state index contributed by atoms with van der Waals surface area (Å²) in [4.78, 5) is 13.2. The predicted molar refractivity (Wildman–Crippen MR) is 118 cm³/mol. The van der Waals surface area contributed by atoms with Gasteiger partial charge in [0.05, 0.1) is 12.2 Å². The number of amides is 1. The minimum Gasteiger partial charge on any atom is -0.363 e. The lowest BCUT2D eigenvalue weighted by Crippen LogP contribution is -2.51. The number of rotatable bonds is 4. The second-order valence-electron chi connectivity index (χ2n) is 11.0. The van der Waals surface area contributed by atoms with Gasteiger partial charge in [0.25, 0.3) is 5.91 Å². The molecule has 5 nitrogen and oxygen atoms in total. The van der Waals surface area contributed by atoms with Gasteiger partial charge in [-0.1, -0.05) is 12.1 Å². The molecule has 182 valence electrons. The van der Waals surface area contributed by atoms with Gasteiger partial charge in [-0.25, -0.2) is 9.07 Å². The van der Waals surface area contributed by atoms with E-state index in [1.165, 1.54) is 49.7 Å². The fourth-order valence-corrected chi connectivity index (χ4v) is 7.51. The van der Waals surface area contributed by atoms with Crippen LogP contribution < -0.4 is 10.6 Å². The predicted octanol–water partition coefficient (Wildman–Crippen LogP) is 5.63. The highest BCUT2D eigenvalue weighted by atomic mass is 19.4. The number of halogens is 4. The molecular weight excluding hydrogens is 448 g/mol. The van der Waals surface area contributed by atoms with E-state index in [0.29, 0.717) is 12.1 Å². The van der Waals surface area contributed by atoms with E-state index in [1.807, 2.05) is 0 Å². The van der Waals surface area contributed by atoms with Crippen LogP contribution in [0.4, 0.5) is 23.4 Å². The Hall–Kier alpha value is -2.58. The molecule has 5 aliphatic rings. The number of nitrogens with zero attached hydrogens (tertiary/aromatic N) is 2. The van der Waals surface area contributed by atoms with Gasteiger partial charge in [-0.3, -0.25) is 4.79 Å². The van der Waals surface area contributed by atoms with Crippen LogP contribution in [0.3, 0.4) is 0 Å². The molecule has 1 amide bonds. The summed E-state index contributed by atoms with van der Waals surface area (Å²) >= 11 is 0. The normalized spacial score (nSPS) is 33.9. The molecule has 2 atom stereocenters. The Labute approximate surface area is 195 Å². The van der Waals surface area contributed by atoms with Crippen molar-refractivity contribution in [2.24, 2.45) is 23.2 Å². The van der Waals surface area contributed by atoms with Crippen molar-refractivity contribution in [1.29, 1.82) is 0 Å². The molecule has 4 fully saturated rings. The van der Waals surface area contributed by atoms with Crippen molar-refractivity contribution in [3.05, 3.63) is 47.4 Å². The van der Waals surface area contributed by atoms with E-state index < -0.39 is 30.0 Å². The van der Waals surface area contributed by atoms with Gasteiger partial charge in [0, 0.05) is 13.0 Å². The zero-order valence-electron chi connectivity index (χ0n) is 18.7. The van der Waals surface area contributed by atoms with Gasteiger partial charge < -0.3 is 10.6 Å². The Bertz CT molecular complexity index is 1060. The summed E-state index contributed by atoms with van der Waals surface area (Å²) in [5, 5.41) is 10.1. The van der Waals surface area contributed by atoms with E-state index in [4.69, 9.17) is 0 Å². The highest BCUT2D eigenvalue weighted by molar-refractivity contribution is 5.99. The van der Waals surface area contributed by atoms with Gasteiger partial charge >= 0.3 is 6.18 Å². The Morgan fingerprint density at radius 2 is 1.68 bits per heavy atom. The van der Waals surface area contributed by atoms with Crippen LogP contribution in [0.25, 0.3) is 0 Å². The first-order valence-corrected chi connectivity index (χ1v) is 12.1. The van der Waals surface area contributed by atoms with Crippen LogP contribution in [0.2, 0.25) is 0 Å². The van der Waals surface area contributed by atoms with Gasteiger partial charge in [0.15, 0.2) is 6.04 Å². The van der Waals surface area contributed by atoms with Crippen molar-refractivity contribution >= 4 is 11.7 Å². The Balaban J connectivity index is 1.24. The fraction of sp³-hybridized carbons (Fsp3) is 0.600. The largest absolute Gasteiger partial charge is 0.410 e. The van der Waals surface area contributed by atoms with Crippen molar-refractivity contribution in [1.82, 2.24) is 15.1 Å². The molecule has 2 N–H and O–H groups in total. The minimum atomic E-state index is -4.53. The number of hydrogen-bond donors (Lipinski definition) is 2. The Kier molecular flexibility index (Phi) is 4.97. The van der Waals surface area contributed by atoms with E-state index in [-0.39, 0.29) is 23.2 Å². The van der Waals surface area contributed by atoms with Crippen LogP contribution in [0, 0.1) is 29.0 Å². The molecule has 0 radical (unpaired) electrons. The first-order chi connectivity index (χ1) is 16.2. The maximum absolute atomic E-state index is 13.9. The van der Waals surface area contributed by atoms with Gasteiger partial charge in [-0.2, -0.15) is 18.3 Å². The number of nitrogens with one attached hydrogen (secondary N) is 2. The molecule has 4 aliphatic carbocycles. The number of carbonyl (C=O) groups excluding carboxylic acids is 1. The molecule has 0 spiro atoms. The summed E-state index contributed by atoms with van der Waals surface area (Å²) in [7, 11) is 0.